The zero-order chi connectivity index (χ0) is 17.6. The van der Waals surface area contributed by atoms with Crippen LogP contribution in [-0.4, -0.2) is 20.9 Å². The van der Waals surface area contributed by atoms with E-state index < -0.39 is 0 Å². The fourth-order valence-electron chi connectivity index (χ4n) is 3.07. The zero-order valence-electron chi connectivity index (χ0n) is 14.3. The number of nitrogens with one attached hydrogen (secondary N) is 1. The smallest absolute Gasteiger partial charge is 0.238 e. The van der Waals surface area contributed by atoms with Gasteiger partial charge in [0, 0.05) is 5.56 Å². The summed E-state index contributed by atoms with van der Waals surface area (Å²) in [6.07, 6.45) is 0. The van der Waals surface area contributed by atoms with Gasteiger partial charge in [-0.25, -0.2) is 4.68 Å². The third-order valence-corrected chi connectivity index (χ3v) is 6.55. The lowest BCUT2D eigenvalue weighted by atomic mass is 10.1. The molecule has 4 nitrogen and oxygen atoms in total. The predicted octanol–water partition coefficient (Wildman–Crippen LogP) is 4.71. The van der Waals surface area contributed by atoms with Crippen LogP contribution in [0.25, 0.3) is 5.69 Å². The Morgan fingerprint density at radius 3 is 2.60 bits per heavy atom. The van der Waals surface area contributed by atoms with E-state index >= 15 is 0 Å². The third kappa shape index (κ3) is 2.89. The zero-order valence-corrected chi connectivity index (χ0v) is 15.9. The number of carbonyl (C=O) groups excluding carboxylic acids is 1. The minimum Gasteiger partial charge on any atom is -0.309 e. The number of thioether (sulfide) groups is 1. The maximum atomic E-state index is 12.6. The number of hydrogen-bond acceptors (Lipinski definition) is 4. The molecule has 1 aliphatic rings. The number of carbonyl (C=O) groups is 1. The number of anilines is 1. The second kappa shape index (κ2) is 6.35. The van der Waals surface area contributed by atoms with E-state index in [1.165, 1.54) is 11.1 Å². The molecule has 6 heteroatoms. The Morgan fingerprint density at radius 2 is 1.92 bits per heavy atom. The maximum absolute atomic E-state index is 12.6. The van der Waals surface area contributed by atoms with Crippen molar-refractivity contribution >= 4 is 34.8 Å². The normalized spacial score (nSPS) is 20.0. The molecule has 0 bridgehead atoms. The summed E-state index contributed by atoms with van der Waals surface area (Å²) in [6, 6.07) is 10.3. The number of thiophene rings is 1. The third-order valence-electron chi connectivity index (χ3n) is 4.44. The van der Waals surface area contributed by atoms with Crippen LogP contribution in [-0.2, 0) is 4.79 Å². The van der Waals surface area contributed by atoms with Gasteiger partial charge in [0.2, 0.25) is 5.91 Å². The van der Waals surface area contributed by atoms with Crippen molar-refractivity contribution in [3.05, 3.63) is 63.5 Å². The average Bonchev–Trinajstić information content (AvgIpc) is 3.19. The molecule has 0 aliphatic carbocycles. The van der Waals surface area contributed by atoms with Crippen molar-refractivity contribution in [3.8, 4) is 5.69 Å². The summed E-state index contributed by atoms with van der Waals surface area (Å²) >= 11 is 3.36. The molecule has 0 spiro atoms. The van der Waals surface area contributed by atoms with Crippen LogP contribution in [0.2, 0.25) is 0 Å². The Balaban J connectivity index is 1.90. The van der Waals surface area contributed by atoms with Gasteiger partial charge in [0.05, 0.1) is 21.9 Å². The minimum atomic E-state index is -0.122. The molecule has 2 atom stereocenters. The molecule has 0 unspecified atom stereocenters. The van der Waals surface area contributed by atoms with Crippen molar-refractivity contribution in [2.24, 2.45) is 0 Å². The molecule has 2 aromatic heterocycles. The first kappa shape index (κ1) is 16.4. The second-order valence-corrected chi connectivity index (χ2v) is 8.53. The SMILES string of the molecule is Cc1ccc(-n2nc(C)c3c2NC(=O)[C@@H](C)S[C@H]3c2ccsc2)cc1. The van der Waals surface area contributed by atoms with E-state index in [9.17, 15) is 4.79 Å². The number of fused-ring (bicyclic) bond motifs is 1. The molecule has 0 saturated heterocycles. The summed E-state index contributed by atoms with van der Waals surface area (Å²) in [6.45, 7) is 6.04. The second-order valence-electron chi connectivity index (χ2n) is 6.30. The first-order valence-corrected chi connectivity index (χ1v) is 10.1. The number of amides is 1. The number of aryl methyl sites for hydroxylation is 2. The molecule has 1 amide bonds. The van der Waals surface area contributed by atoms with Gasteiger partial charge in [-0.3, -0.25) is 4.79 Å². The van der Waals surface area contributed by atoms with E-state index in [0.29, 0.717) is 0 Å². The van der Waals surface area contributed by atoms with Gasteiger partial charge in [0.25, 0.3) is 0 Å². The molecule has 25 heavy (non-hydrogen) atoms. The van der Waals surface area contributed by atoms with Gasteiger partial charge in [0.15, 0.2) is 0 Å². The van der Waals surface area contributed by atoms with Gasteiger partial charge in [-0.05, 0) is 55.3 Å². The number of rotatable bonds is 2. The molecule has 0 saturated carbocycles. The number of benzene rings is 1. The van der Waals surface area contributed by atoms with Gasteiger partial charge in [0.1, 0.15) is 5.82 Å². The van der Waals surface area contributed by atoms with E-state index in [0.717, 1.165) is 22.8 Å². The largest absolute Gasteiger partial charge is 0.309 e. The molecular weight excluding hydrogens is 350 g/mol. The summed E-state index contributed by atoms with van der Waals surface area (Å²) in [5, 5.41) is 12.1. The molecule has 128 valence electrons. The Kier molecular flexibility index (Phi) is 4.17. The topological polar surface area (TPSA) is 46.9 Å². The highest BCUT2D eigenvalue weighted by Gasteiger charge is 2.34. The summed E-state index contributed by atoms with van der Waals surface area (Å²) in [5.41, 5.74) is 5.43. The van der Waals surface area contributed by atoms with Gasteiger partial charge in [-0.1, -0.05) is 17.7 Å². The lowest BCUT2D eigenvalue weighted by Gasteiger charge is -2.15. The Hall–Kier alpha value is -2.05. The lowest BCUT2D eigenvalue weighted by molar-refractivity contribution is -0.115. The van der Waals surface area contributed by atoms with Crippen LogP contribution in [0, 0.1) is 13.8 Å². The molecule has 1 N–H and O–H groups in total. The van der Waals surface area contributed by atoms with Crippen LogP contribution < -0.4 is 5.32 Å². The highest BCUT2D eigenvalue weighted by molar-refractivity contribution is 8.01. The Morgan fingerprint density at radius 1 is 1.16 bits per heavy atom. The van der Waals surface area contributed by atoms with Crippen LogP contribution >= 0.6 is 23.1 Å². The first-order chi connectivity index (χ1) is 12.0. The van der Waals surface area contributed by atoms with Crippen molar-refractivity contribution in [2.75, 3.05) is 5.32 Å². The predicted molar refractivity (Wildman–Crippen MR) is 105 cm³/mol. The van der Waals surface area contributed by atoms with Crippen LogP contribution in [0.15, 0.2) is 41.1 Å². The van der Waals surface area contributed by atoms with Crippen LogP contribution in [0.1, 0.15) is 34.6 Å². The van der Waals surface area contributed by atoms with E-state index in [1.807, 2.05) is 30.7 Å². The fourth-order valence-corrected chi connectivity index (χ4v) is 5.15. The molecule has 1 aliphatic heterocycles. The van der Waals surface area contributed by atoms with Crippen LogP contribution in [0.4, 0.5) is 5.82 Å². The highest BCUT2D eigenvalue weighted by atomic mass is 32.2. The quantitative estimate of drug-likeness (QED) is 0.711. The monoisotopic (exact) mass is 369 g/mol. The number of nitrogens with zero attached hydrogens (tertiary/aromatic N) is 2. The van der Waals surface area contributed by atoms with Crippen molar-refractivity contribution in [3.63, 3.8) is 0 Å². The fraction of sp³-hybridized carbons (Fsp3) is 0.263. The Labute approximate surface area is 155 Å². The van der Waals surface area contributed by atoms with Crippen molar-refractivity contribution in [2.45, 2.75) is 31.3 Å². The minimum absolute atomic E-state index is 0.0252. The molecule has 3 heterocycles. The van der Waals surface area contributed by atoms with Crippen LogP contribution in [0.3, 0.4) is 0 Å². The van der Waals surface area contributed by atoms with Gasteiger partial charge < -0.3 is 5.32 Å². The van der Waals surface area contributed by atoms with Gasteiger partial charge >= 0.3 is 0 Å². The lowest BCUT2D eigenvalue weighted by Crippen LogP contribution is -2.22. The Bertz CT molecular complexity index is 913. The van der Waals surface area contributed by atoms with Crippen molar-refractivity contribution in [1.29, 1.82) is 0 Å². The van der Waals surface area contributed by atoms with E-state index in [-0.39, 0.29) is 16.4 Å². The van der Waals surface area contributed by atoms with E-state index in [4.69, 9.17) is 5.10 Å². The average molecular weight is 370 g/mol. The summed E-state index contributed by atoms with van der Waals surface area (Å²) in [5.74, 6) is 0.816. The summed E-state index contributed by atoms with van der Waals surface area (Å²) in [7, 11) is 0. The summed E-state index contributed by atoms with van der Waals surface area (Å²) in [4.78, 5) is 12.6. The van der Waals surface area contributed by atoms with E-state index in [2.05, 4.69) is 41.2 Å². The number of aromatic nitrogens is 2. The van der Waals surface area contributed by atoms with Crippen molar-refractivity contribution in [1.82, 2.24) is 9.78 Å². The number of hydrogen-bond donors (Lipinski definition) is 1. The summed E-state index contributed by atoms with van der Waals surface area (Å²) < 4.78 is 1.86. The first-order valence-electron chi connectivity index (χ1n) is 8.19. The standard InChI is InChI=1S/C19H19N3OS2/c1-11-4-6-15(7-5-11)22-18-16(12(2)21-22)17(14-8-9-24-10-14)25-13(3)19(23)20-18/h4-10,13,17H,1-3H3,(H,20,23)/t13-,17+/m1/s1. The van der Waals surface area contributed by atoms with E-state index in [1.54, 1.807) is 23.1 Å². The molecule has 1 aromatic carbocycles. The maximum Gasteiger partial charge on any atom is 0.238 e. The molecular formula is C19H19N3OS2. The van der Waals surface area contributed by atoms with Crippen LogP contribution in [0.5, 0.6) is 0 Å². The van der Waals surface area contributed by atoms with Crippen molar-refractivity contribution < 1.29 is 4.79 Å². The highest BCUT2D eigenvalue weighted by Crippen LogP contribution is 2.46. The molecule has 3 aromatic rings. The molecule has 0 radical (unpaired) electrons. The molecule has 0 fully saturated rings. The van der Waals surface area contributed by atoms with Gasteiger partial charge in [-0.15, -0.1) is 11.8 Å². The molecule has 4 rings (SSSR count). The van der Waals surface area contributed by atoms with Gasteiger partial charge in [-0.2, -0.15) is 16.4 Å².